The fourth-order valence-electron chi connectivity index (χ4n) is 1.50. The summed E-state index contributed by atoms with van der Waals surface area (Å²) in [6.45, 7) is 6.41. The molecule has 1 fully saturated rings. The van der Waals surface area contributed by atoms with E-state index in [1.807, 2.05) is 20.8 Å². The molecule has 1 aliphatic rings. The lowest BCUT2D eigenvalue weighted by Crippen LogP contribution is -2.34. The molecule has 6 heteroatoms. The number of nitrogens with zero attached hydrogens (tertiary/aromatic N) is 2. The molecular weight excluding hydrogens is 240 g/mol. The summed E-state index contributed by atoms with van der Waals surface area (Å²) in [5.41, 5.74) is 0.734. The molecule has 98 valence electrons. The van der Waals surface area contributed by atoms with Crippen LogP contribution in [0.5, 0.6) is 0 Å². The van der Waals surface area contributed by atoms with Crippen molar-refractivity contribution < 1.29 is 14.5 Å². The van der Waals surface area contributed by atoms with Crippen LogP contribution in [-0.4, -0.2) is 44.2 Å². The van der Waals surface area contributed by atoms with E-state index in [0.29, 0.717) is 6.54 Å². The summed E-state index contributed by atoms with van der Waals surface area (Å²) >= 11 is -1.30. The Balaban J connectivity index is 2.75. The highest BCUT2D eigenvalue weighted by molar-refractivity contribution is 7.91. The van der Waals surface area contributed by atoms with E-state index in [1.54, 1.807) is 0 Å². The molecule has 0 aliphatic carbocycles. The molecule has 1 amide bonds. The number of carbonyl (C=O) groups is 1. The Morgan fingerprint density at radius 1 is 1.47 bits per heavy atom. The highest BCUT2D eigenvalue weighted by Crippen LogP contribution is 2.19. The molecule has 1 aliphatic heterocycles. The monoisotopic (exact) mass is 260 g/mol. The maximum absolute atomic E-state index is 11.9. The van der Waals surface area contributed by atoms with Crippen molar-refractivity contribution in [1.29, 1.82) is 0 Å². The summed E-state index contributed by atoms with van der Waals surface area (Å²) in [6, 6.07) is 0. The summed E-state index contributed by atoms with van der Waals surface area (Å²) in [5.74, 6) is 0. The third-order valence-electron chi connectivity index (χ3n) is 2.52. The van der Waals surface area contributed by atoms with Gasteiger partial charge in [-0.2, -0.15) is 0 Å². The van der Waals surface area contributed by atoms with Gasteiger partial charge < -0.3 is 14.6 Å². The van der Waals surface area contributed by atoms with Crippen LogP contribution in [0.25, 0.3) is 0 Å². The highest BCUT2D eigenvalue weighted by Gasteiger charge is 2.28. The maximum Gasteiger partial charge on any atom is 0.407 e. The number of rotatable bonds is 1. The normalized spacial score (nSPS) is 22.4. The Hall–Kier alpha value is -0.750. The van der Waals surface area contributed by atoms with E-state index in [9.17, 15) is 9.35 Å². The van der Waals surface area contributed by atoms with Crippen LogP contribution in [0.4, 0.5) is 4.79 Å². The molecule has 0 bridgehead atoms. The van der Waals surface area contributed by atoms with Crippen molar-refractivity contribution in [3.8, 4) is 0 Å². The lowest BCUT2D eigenvalue weighted by Gasteiger charge is -2.20. The number of carboxylic acid groups (broad SMARTS) is 1. The minimum absolute atomic E-state index is 0.289. The third kappa shape index (κ3) is 4.55. The minimum Gasteiger partial charge on any atom is -0.591 e. The van der Waals surface area contributed by atoms with Gasteiger partial charge in [0, 0.05) is 6.54 Å². The SMILES string of the molecule is CC(C)(C)[S+]([O-])/N=C1\CCCCN(C(=O)O)C1. The van der Waals surface area contributed by atoms with Gasteiger partial charge in [-0.3, -0.25) is 0 Å². The fourth-order valence-corrected chi connectivity index (χ4v) is 2.16. The Morgan fingerprint density at radius 3 is 2.65 bits per heavy atom. The van der Waals surface area contributed by atoms with Crippen LogP contribution in [0.1, 0.15) is 40.0 Å². The first-order chi connectivity index (χ1) is 7.80. The van der Waals surface area contributed by atoms with E-state index in [1.165, 1.54) is 4.90 Å². The first-order valence-electron chi connectivity index (χ1n) is 5.77. The van der Waals surface area contributed by atoms with Crippen LogP contribution < -0.4 is 0 Å². The summed E-state index contributed by atoms with van der Waals surface area (Å²) in [5, 5.41) is 8.97. The summed E-state index contributed by atoms with van der Waals surface area (Å²) in [4.78, 5) is 12.3. The van der Waals surface area contributed by atoms with Crippen LogP contribution in [0, 0.1) is 0 Å². The largest absolute Gasteiger partial charge is 0.591 e. The lowest BCUT2D eigenvalue weighted by atomic mass is 10.2. The quantitative estimate of drug-likeness (QED) is 0.733. The van der Waals surface area contributed by atoms with Crippen molar-refractivity contribution in [3.05, 3.63) is 0 Å². The second kappa shape index (κ2) is 5.73. The fraction of sp³-hybridized carbons (Fsp3) is 0.818. The van der Waals surface area contributed by atoms with Crippen molar-refractivity contribution >= 4 is 23.2 Å². The lowest BCUT2D eigenvalue weighted by molar-refractivity contribution is 0.152. The zero-order valence-corrected chi connectivity index (χ0v) is 11.4. The number of likely N-dealkylation sites (tertiary alicyclic amines) is 1. The van der Waals surface area contributed by atoms with E-state index in [0.717, 1.165) is 25.0 Å². The Kier molecular flexibility index (Phi) is 4.82. The molecule has 1 saturated heterocycles. The van der Waals surface area contributed by atoms with Gasteiger partial charge in [0.25, 0.3) is 0 Å². The number of amides is 1. The highest BCUT2D eigenvalue weighted by atomic mass is 32.2. The molecule has 0 aromatic carbocycles. The molecule has 0 spiro atoms. The predicted molar refractivity (Wildman–Crippen MR) is 68.8 cm³/mol. The Morgan fingerprint density at radius 2 is 2.12 bits per heavy atom. The maximum atomic E-state index is 11.9. The Bertz CT molecular complexity index is 312. The van der Waals surface area contributed by atoms with E-state index >= 15 is 0 Å². The standard InChI is InChI=1S/C11H20N2O3S/c1-11(2,3)17(16)12-9-6-4-5-7-13(8-9)10(14)15/h4-8H2,1-3H3,(H,14,15)/b12-9+. The second-order valence-corrected chi connectivity index (χ2v) is 7.09. The second-order valence-electron chi connectivity index (χ2n) is 5.18. The van der Waals surface area contributed by atoms with Crippen molar-refractivity contribution in [2.45, 2.75) is 44.8 Å². The van der Waals surface area contributed by atoms with E-state index < -0.39 is 22.2 Å². The van der Waals surface area contributed by atoms with Gasteiger partial charge in [-0.1, -0.05) is 4.40 Å². The van der Waals surface area contributed by atoms with Crippen molar-refractivity contribution in [1.82, 2.24) is 4.90 Å². The summed E-state index contributed by atoms with van der Waals surface area (Å²) in [7, 11) is 0. The smallest absolute Gasteiger partial charge is 0.407 e. The van der Waals surface area contributed by atoms with Gasteiger partial charge >= 0.3 is 6.09 Å². The van der Waals surface area contributed by atoms with E-state index in [4.69, 9.17) is 5.11 Å². The first kappa shape index (κ1) is 14.3. The average Bonchev–Trinajstić information content (AvgIpc) is 2.41. The molecule has 17 heavy (non-hydrogen) atoms. The molecule has 0 radical (unpaired) electrons. The van der Waals surface area contributed by atoms with Crippen LogP contribution >= 0.6 is 0 Å². The van der Waals surface area contributed by atoms with Crippen molar-refractivity contribution in [2.24, 2.45) is 4.40 Å². The molecule has 0 saturated carbocycles. The topological polar surface area (TPSA) is 76.0 Å². The Labute approximate surface area is 105 Å². The minimum atomic E-state index is -1.30. The average molecular weight is 260 g/mol. The molecule has 0 aromatic heterocycles. The molecule has 1 heterocycles. The van der Waals surface area contributed by atoms with Gasteiger partial charge in [-0.25, -0.2) is 4.79 Å². The molecule has 1 N–H and O–H groups in total. The zero-order chi connectivity index (χ0) is 13.1. The molecule has 1 unspecified atom stereocenters. The van der Waals surface area contributed by atoms with Gasteiger partial charge in [0.05, 0.1) is 12.3 Å². The van der Waals surface area contributed by atoms with Crippen molar-refractivity contribution in [3.63, 3.8) is 0 Å². The van der Waals surface area contributed by atoms with E-state index in [2.05, 4.69) is 4.40 Å². The van der Waals surface area contributed by atoms with Crippen LogP contribution in [0.15, 0.2) is 4.40 Å². The molecule has 0 aromatic rings. The first-order valence-corrected chi connectivity index (χ1v) is 6.87. The van der Waals surface area contributed by atoms with Crippen molar-refractivity contribution in [2.75, 3.05) is 13.1 Å². The molecule has 5 nitrogen and oxygen atoms in total. The van der Waals surface area contributed by atoms with Crippen LogP contribution in [0.2, 0.25) is 0 Å². The molecule has 1 rings (SSSR count). The number of hydrogen-bond acceptors (Lipinski definition) is 3. The summed E-state index contributed by atoms with van der Waals surface area (Å²) < 4.78 is 15.7. The molecule has 1 atom stereocenters. The van der Waals surface area contributed by atoms with Crippen LogP contribution in [0.3, 0.4) is 0 Å². The van der Waals surface area contributed by atoms with Gasteiger partial charge in [-0.15, -0.1) is 0 Å². The predicted octanol–water partition coefficient (Wildman–Crippen LogP) is 2.05. The zero-order valence-electron chi connectivity index (χ0n) is 10.6. The van der Waals surface area contributed by atoms with Gasteiger partial charge in [-0.05, 0) is 40.0 Å². The van der Waals surface area contributed by atoms with Crippen LogP contribution in [-0.2, 0) is 11.4 Å². The third-order valence-corrected chi connectivity index (χ3v) is 3.99. The number of hydrogen-bond donors (Lipinski definition) is 1. The molecular formula is C11H20N2O3S. The van der Waals surface area contributed by atoms with Gasteiger partial charge in [0.1, 0.15) is 16.1 Å². The van der Waals surface area contributed by atoms with E-state index in [-0.39, 0.29) is 6.54 Å². The summed E-state index contributed by atoms with van der Waals surface area (Å²) in [6.07, 6.45) is 1.56. The van der Waals surface area contributed by atoms with Gasteiger partial charge in [0.2, 0.25) is 0 Å². The van der Waals surface area contributed by atoms with Gasteiger partial charge in [0.15, 0.2) is 0 Å².